The minimum Gasteiger partial charge on any atom is -0.504 e. The summed E-state index contributed by atoms with van der Waals surface area (Å²) in [6.45, 7) is 6.11. The third-order valence-corrected chi connectivity index (χ3v) is 8.10. The lowest BCUT2D eigenvalue weighted by molar-refractivity contribution is -0.118. The first-order valence-corrected chi connectivity index (χ1v) is 10.1. The molecule has 3 fully saturated rings. The molecular formula is C21H28N2O3. The Morgan fingerprint density at radius 1 is 1.23 bits per heavy atom. The fourth-order valence-electron chi connectivity index (χ4n) is 7.25. The van der Waals surface area contributed by atoms with Gasteiger partial charge in [-0.25, -0.2) is 0 Å². The summed E-state index contributed by atoms with van der Waals surface area (Å²) >= 11 is 0. The highest BCUT2D eigenvalue weighted by atomic mass is 16.3. The molecule has 1 saturated carbocycles. The Balaban J connectivity index is 1.78. The van der Waals surface area contributed by atoms with E-state index in [0.717, 1.165) is 37.9 Å². The summed E-state index contributed by atoms with van der Waals surface area (Å²) in [4.78, 5) is 17.1. The Morgan fingerprint density at radius 2 is 2.04 bits per heavy atom. The number of hydrogen-bond acceptors (Lipinski definition) is 4. The summed E-state index contributed by atoms with van der Waals surface area (Å²) in [6.07, 6.45) is 6.84. The highest BCUT2D eigenvalue weighted by Crippen LogP contribution is 2.67. The minimum atomic E-state index is -0.134. The van der Waals surface area contributed by atoms with Crippen LogP contribution in [0.3, 0.4) is 0 Å². The molecule has 5 nitrogen and oxygen atoms in total. The fraction of sp³-hybridized carbons (Fsp3) is 0.667. The van der Waals surface area contributed by atoms with Crippen LogP contribution in [0, 0.1) is 5.41 Å². The Kier molecular flexibility index (Phi) is 3.26. The fourth-order valence-corrected chi connectivity index (χ4v) is 7.25. The van der Waals surface area contributed by atoms with E-state index in [9.17, 15) is 15.0 Å². The Morgan fingerprint density at radius 3 is 2.77 bits per heavy atom. The number of nitrogens with zero attached hydrogens (tertiary/aromatic N) is 2. The second-order valence-corrected chi connectivity index (χ2v) is 8.82. The first-order valence-electron chi connectivity index (χ1n) is 10.1. The quantitative estimate of drug-likeness (QED) is 0.759. The van der Waals surface area contributed by atoms with Gasteiger partial charge >= 0.3 is 0 Å². The number of fused-ring (bicyclic) bond motifs is 1. The van der Waals surface area contributed by atoms with Crippen LogP contribution in [0.2, 0.25) is 0 Å². The number of phenolic OH excluding ortho intramolecular Hbond substituents is 2. The number of aromatic hydroxyl groups is 2. The number of carbonyl (C=O) groups is 1. The van der Waals surface area contributed by atoms with Gasteiger partial charge in [0.15, 0.2) is 11.5 Å². The molecule has 5 heteroatoms. The van der Waals surface area contributed by atoms with Gasteiger partial charge < -0.3 is 15.1 Å². The van der Waals surface area contributed by atoms with Gasteiger partial charge in [-0.1, -0.05) is 13.0 Å². The summed E-state index contributed by atoms with van der Waals surface area (Å²) in [5.41, 5.74) is 1.85. The molecule has 4 aliphatic rings. The zero-order valence-electron chi connectivity index (χ0n) is 15.7. The summed E-state index contributed by atoms with van der Waals surface area (Å²) < 4.78 is 0. The maximum absolute atomic E-state index is 12.6. The zero-order chi connectivity index (χ0) is 18.3. The van der Waals surface area contributed by atoms with Gasteiger partial charge in [-0.2, -0.15) is 0 Å². The van der Waals surface area contributed by atoms with Gasteiger partial charge in [0.1, 0.15) is 0 Å². The van der Waals surface area contributed by atoms with E-state index in [1.54, 1.807) is 13.0 Å². The van der Waals surface area contributed by atoms with E-state index in [-0.39, 0.29) is 28.9 Å². The zero-order valence-corrected chi connectivity index (χ0v) is 15.7. The van der Waals surface area contributed by atoms with Crippen LogP contribution in [0.5, 0.6) is 11.5 Å². The van der Waals surface area contributed by atoms with Gasteiger partial charge in [0.2, 0.25) is 5.91 Å². The molecule has 5 rings (SSSR count). The summed E-state index contributed by atoms with van der Waals surface area (Å²) in [6, 6.07) is 4.11. The summed E-state index contributed by atoms with van der Waals surface area (Å²) in [5.74, 6) is -0.296. The summed E-state index contributed by atoms with van der Waals surface area (Å²) in [5, 5.41) is 20.8. The Labute approximate surface area is 154 Å². The molecule has 2 N–H and O–H groups in total. The standard InChI is InChI=1S/C21H28N2O3/c1-3-20-8-4-11-22-12-10-21(19(20)22)14-5-6-15(25)18(26)17(14)23(13(2)24)16(21)7-9-20/h5-6,16,19,25-26H,3-4,7-12H2,1-2H3/t16-,19-,20-,21-/m1/s1. The van der Waals surface area contributed by atoms with E-state index in [0.29, 0.717) is 17.1 Å². The first-order chi connectivity index (χ1) is 12.5. The first kappa shape index (κ1) is 16.4. The molecule has 1 aliphatic carbocycles. The molecule has 26 heavy (non-hydrogen) atoms. The Bertz CT molecular complexity index is 794. The van der Waals surface area contributed by atoms with Gasteiger partial charge in [0.05, 0.1) is 5.69 Å². The predicted molar refractivity (Wildman–Crippen MR) is 99.6 cm³/mol. The van der Waals surface area contributed by atoms with E-state index < -0.39 is 0 Å². The minimum absolute atomic E-state index is 0.0349. The van der Waals surface area contributed by atoms with Gasteiger partial charge in [-0.15, -0.1) is 0 Å². The van der Waals surface area contributed by atoms with Crippen LogP contribution in [0.15, 0.2) is 12.1 Å². The molecule has 1 aromatic carbocycles. The van der Waals surface area contributed by atoms with Gasteiger partial charge in [0.25, 0.3) is 0 Å². The monoisotopic (exact) mass is 356 g/mol. The normalized spacial score (nSPS) is 38.0. The van der Waals surface area contributed by atoms with Crippen molar-refractivity contribution in [1.82, 2.24) is 4.90 Å². The number of hydrogen-bond donors (Lipinski definition) is 2. The molecule has 0 aromatic heterocycles. The van der Waals surface area contributed by atoms with Crippen molar-refractivity contribution in [2.75, 3.05) is 18.0 Å². The number of amides is 1. The molecule has 1 spiro atoms. The van der Waals surface area contributed by atoms with E-state index in [1.165, 1.54) is 19.3 Å². The van der Waals surface area contributed by atoms with Crippen molar-refractivity contribution in [1.29, 1.82) is 0 Å². The molecule has 2 saturated heterocycles. The summed E-state index contributed by atoms with van der Waals surface area (Å²) in [7, 11) is 0. The number of phenols is 2. The van der Waals surface area contributed by atoms with Crippen molar-refractivity contribution in [3.63, 3.8) is 0 Å². The van der Waals surface area contributed by atoms with Crippen LogP contribution in [-0.2, 0) is 10.2 Å². The molecule has 3 aliphatic heterocycles. The van der Waals surface area contributed by atoms with Gasteiger partial charge in [-0.05, 0) is 68.7 Å². The number of carbonyl (C=O) groups excluding carboxylic acids is 1. The van der Waals surface area contributed by atoms with E-state index >= 15 is 0 Å². The smallest absolute Gasteiger partial charge is 0.224 e. The van der Waals surface area contributed by atoms with E-state index in [4.69, 9.17) is 0 Å². The third kappa shape index (κ3) is 1.68. The lowest BCUT2D eigenvalue weighted by Crippen LogP contribution is -2.65. The van der Waals surface area contributed by atoms with Crippen LogP contribution < -0.4 is 4.90 Å². The van der Waals surface area contributed by atoms with Crippen LogP contribution >= 0.6 is 0 Å². The lowest BCUT2D eigenvalue weighted by Gasteiger charge is -2.58. The second kappa shape index (κ2) is 5.16. The molecule has 4 atom stereocenters. The highest BCUT2D eigenvalue weighted by molar-refractivity contribution is 5.98. The highest BCUT2D eigenvalue weighted by Gasteiger charge is 2.68. The second-order valence-electron chi connectivity index (χ2n) is 8.82. The topological polar surface area (TPSA) is 64.0 Å². The number of rotatable bonds is 1. The van der Waals surface area contributed by atoms with Crippen LogP contribution in [0.25, 0.3) is 0 Å². The molecule has 0 bridgehead atoms. The largest absolute Gasteiger partial charge is 0.504 e. The third-order valence-electron chi connectivity index (χ3n) is 8.10. The van der Waals surface area contributed by atoms with Gasteiger partial charge in [0, 0.05) is 24.4 Å². The van der Waals surface area contributed by atoms with Gasteiger partial charge in [-0.3, -0.25) is 9.69 Å². The number of anilines is 1. The van der Waals surface area contributed by atoms with Crippen molar-refractivity contribution in [3.8, 4) is 11.5 Å². The SMILES string of the molecule is CC[C@@]12CCCN3CC[C@]4(c5ccc(O)c(O)c5N(C(C)=O)[C@@H]4CC1)[C@H]32. The van der Waals surface area contributed by atoms with Crippen LogP contribution in [0.1, 0.15) is 57.9 Å². The molecule has 0 radical (unpaired) electrons. The average molecular weight is 356 g/mol. The van der Waals surface area contributed by atoms with Crippen molar-refractivity contribution in [2.24, 2.45) is 5.41 Å². The van der Waals surface area contributed by atoms with Crippen molar-refractivity contribution < 1.29 is 15.0 Å². The van der Waals surface area contributed by atoms with Crippen molar-refractivity contribution in [3.05, 3.63) is 17.7 Å². The van der Waals surface area contributed by atoms with Crippen molar-refractivity contribution in [2.45, 2.75) is 69.9 Å². The molecular weight excluding hydrogens is 328 g/mol. The lowest BCUT2D eigenvalue weighted by atomic mass is 9.52. The van der Waals surface area contributed by atoms with E-state index in [2.05, 4.69) is 11.8 Å². The maximum Gasteiger partial charge on any atom is 0.224 e. The average Bonchev–Trinajstić information content (AvgIpc) is 3.16. The predicted octanol–water partition coefficient (Wildman–Crippen LogP) is 3.13. The van der Waals surface area contributed by atoms with E-state index in [1.807, 2.05) is 11.0 Å². The number of piperidine rings is 1. The Hall–Kier alpha value is -1.75. The molecule has 3 heterocycles. The molecule has 1 aromatic rings. The van der Waals surface area contributed by atoms with Crippen molar-refractivity contribution >= 4 is 11.6 Å². The molecule has 1 amide bonds. The molecule has 140 valence electrons. The van der Waals surface area contributed by atoms with Crippen LogP contribution in [-0.4, -0.2) is 46.2 Å². The number of benzene rings is 1. The van der Waals surface area contributed by atoms with Crippen LogP contribution in [0.4, 0.5) is 5.69 Å². The maximum atomic E-state index is 12.6. The molecule has 0 unspecified atom stereocenters.